The number of nitrogens with zero attached hydrogens (tertiary/aromatic N) is 1. The fourth-order valence-electron chi connectivity index (χ4n) is 2.76. The molecule has 2 aromatic heterocycles. The lowest BCUT2D eigenvalue weighted by atomic mass is 10.0. The maximum atomic E-state index is 12.5. The zero-order valence-corrected chi connectivity index (χ0v) is 11.5. The Morgan fingerprint density at radius 2 is 2.25 bits per heavy atom. The maximum absolute atomic E-state index is 12.5. The quantitative estimate of drug-likeness (QED) is 0.883. The van der Waals surface area contributed by atoms with Crippen LogP contribution in [0.1, 0.15) is 39.8 Å². The highest BCUT2D eigenvalue weighted by molar-refractivity contribution is 6.34. The number of carboxylic acid groups (broad SMARTS) is 1. The first-order valence-corrected chi connectivity index (χ1v) is 6.59. The molecule has 1 unspecified atom stereocenters. The van der Waals surface area contributed by atoms with Crippen molar-refractivity contribution in [2.75, 3.05) is 0 Å². The number of rotatable bonds is 3. The lowest BCUT2D eigenvalue weighted by Gasteiger charge is -2.05. The Morgan fingerprint density at radius 1 is 1.50 bits per heavy atom. The van der Waals surface area contributed by atoms with E-state index in [4.69, 9.17) is 16.0 Å². The number of fused-ring (bicyclic) bond motifs is 1. The Kier molecular flexibility index (Phi) is 2.94. The predicted octanol–water partition coefficient (Wildman–Crippen LogP) is 2.85. The zero-order chi connectivity index (χ0) is 14.4. The van der Waals surface area contributed by atoms with Gasteiger partial charge in [0.25, 0.3) is 0 Å². The molecule has 1 atom stereocenters. The van der Waals surface area contributed by atoms with Crippen LogP contribution in [0.3, 0.4) is 0 Å². The number of aryl methyl sites for hydroxylation is 1. The molecule has 1 aliphatic rings. The molecular weight excluding hydrogens is 282 g/mol. The molecule has 104 valence electrons. The van der Waals surface area contributed by atoms with Gasteiger partial charge in [-0.05, 0) is 31.0 Å². The molecule has 0 saturated carbocycles. The summed E-state index contributed by atoms with van der Waals surface area (Å²) in [5, 5.41) is 9.45. The van der Waals surface area contributed by atoms with E-state index in [1.165, 1.54) is 12.3 Å². The van der Waals surface area contributed by atoms with Gasteiger partial charge in [0.2, 0.25) is 5.78 Å². The van der Waals surface area contributed by atoms with Crippen molar-refractivity contribution in [3.8, 4) is 0 Å². The van der Waals surface area contributed by atoms with E-state index in [1.54, 1.807) is 17.6 Å². The number of aromatic nitrogens is 1. The smallest absolute Gasteiger partial charge is 0.312 e. The maximum Gasteiger partial charge on any atom is 0.312 e. The highest BCUT2D eigenvalue weighted by Crippen LogP contribution is 2.34. The Morgan fingerprint density at radius 3 is 2.85 bits per heavy atom. The molecule has 0 fully saturated rings. The fraction of sp³-hybridized carbons (Fsp3) is 0.286. The number of aliphatic carboxylic acids is 1. The summed E-state index contributed by atoms with van der Waals surface area (Å²) in [5.41, 5.74) is 1.87. The molecular formula is C14H12ClNO4. The third kappa shape index (κ3) is 1.78. The van der Waals surface area contributed by atoms with Gasteiger partial charge < -0.3 is 14.1 Å². The van der Waals surface area contributed by atoms with Crippen molar-refractivity contribution in [1.82, 2.24) is 4.57 Å². The van der Waals surface area contributed by atoms with Crippen molar-refractivity contribution in [1.29, 1.82) is 0 Å². The average molecular weight is 294 g/mol. The van der Waals surface area contributed by atoms with Crippen LogP contribution in [-0.4, -0.2) is 21.4 Å². The molecule has 0 saturated heterocycles. The van der Waals surface area contributed by atoms with E-state index >= 15 is 0 Å². The van der Waals surface area contributed by atoms with E-state index in [9.17, 15) is 14.7 Å². The van der Waals surface area contributed by atoms with Crippen LogP contribution in [0.2, 0.25) is 5.02 Å². The van der Waals surface area contributed by atoms with Crippen LogP contribution >= 0.6 is 11.6 Å². The Labute approximate surface area is 119 Å². The van der Waals surface area contributed by atoms with Crippen LogP contribution in [0.4, 0.5) is 0 Å². The Balaban J connectivity index is 2.09. The summed E-state index contributed by atoms with van der Waals surface area (Å²) in [6, 6.07) is 3.27. The highest BCUT2D eigenvalue weighted by Gasteiger charge is 2.34. The van der Waals surface area contributed by atoms with Gasteiger partial charge >= 0.3 is 5.97 Å². The van der Waals surface area contributed by atoms with Gasteiger partial charge in [-0.15, -0.1) is 0 Å². The molecule has 0 aromatic carbocycles. The summed E-state index contributed by atoms with van der Waals surface area (Å²) in [7, 11) is 0. The summed E-state index contributed by atoms with van der Waals surface area (Å²) in [4.78, 5) is 23.7. The third-order valence-electron chi connectivity index (χ3n) is 3.65. The SMILES string of the molecule is Cc1cc2n(c1C(=O)c1occc1Cl)CCC2C(=O)O. The van der Waals surface area contributed by atoms with Gasteiger partial charge in [-0.2, -0.15) is 0 Å². The summed E-state index contributed by atoms with van der Waals surface area (Å²) in [5.74, 6) is -1.64. The van der Waals surface area contributed by atoms with Gasteiger partial charge in [0, 0.05) is 12.2 Å². The number of ketones is 1. The van der Waals surface area contributed by atoms with Gasteiger partial charge in [0.1, 0.15) is 0 Å². The molecule has 0 aliphatic carbocycles. The fourth-order valence-corrected chi connectivity index (χ4v) is 2.94. The third-order valence-corrected chi connectivity index (χ3v) is 3.95. The van der Waals surface area contributed by atoms with Gasteiger partial charge in [0.05, 0.1) is 22.9 Å². The summed E-state index contributed by atoms with van der Waals surface area (Å²) in [6.07, 6.45) is 1.86. The van der Waals surface area contributed by atoms with Crippen molar-refractivity contribution in [3.63, 3.8) is 0 Å². The van der Waals surface area contributed by atoms with Crippen LogP contribution in [0.25, 0.3) is 0 Å². The van der Waals surface area contributed by atoms with Gasteiger partial charge in [-0.25, -0.2) is 0 Å². The second-order valence-electron chi connectivity index (χ2n) is 4.86. The Hall–Kier alpha value is -2.01. The van der Waals surface area contributed by atoms with Crippen LogP contribution in [0, 0.1) is 6.92 Å². The molecule has 0 radical (unpaired) electrons. The van der Waals surface area contributed by atoms with Crippen LogP contribution in [-0.2, 0) is 11.3 Å². The number of carbonyl (C=O) groups excluding carboxylic acids is 1. The monoisotopic (exact) mass is 293 g/mol. The minimum Gasteiger partial charge on any atom is -0.481 e. The first kappa shape index (κ1) is 13.0. The largest absolute Gasteiger partial charge is 0.481 e. The normalized spacial score (nSPS) is 17.2. The lowest BCUT2D eigenvalue weighted by molar-refractivity contribution is -0.138. The van der Waals surface area contributed by atoms with E-state index in [1.807, 2.05) is 0 Å². The zero-order valence-electron chi connectivity index (χ0n) is 10.7. The first-order valence-electron chi connectivity index (χ1n) is 6.21. The molecule has 3 heterocycles. The standard InChI is InChI=1S/C14H12ClNO4/c1-7-6-10-8(14(18)19)2-4-16(10)11(7)12(17)13-9(15)3-5-20-13/h3,5-6,8H,2,4H2,1H3,(H,18,19). The molecule has 3 rings (SSSR count). The van der Waals surface area contributed by atoms with Gasteiger partial charge in [0.15, 0.2) is 5.76 Å². The number of hydrogen-bond donors (Lipinski definition) is 1. The van der Waals surface area contributed by atoms with E-state index in [2.05, 4.69) is 0 Å². The average Bonchev–Trinajstić information content (AvgIpc) is 3.02. The minimum atomic E-state index is -0.865. The number of hydrogen-bond acceptors (Lipinski definition) is 3. The molecule has 0 bridgehead atoms. The molecule has 6 heteroatoms. The van der Waals surface area contributed by atoms with E-state index in [-0.39, 0.29) is 16.6 Å². The minimum absolute atomic E-state index is 0.0921. The van der Waals surface area contributed by atoms with Crippen molar-refractivity contribution < 1.29 is 19.1 Å². The second kappa shape index (κ2) is 4.52. The van der Waals surface area contributed by atoms with E-state index < -0.39 is 11.9 Å². The first-order chi connectivity index (χ1) is 9.50. The summed E-state index contributed by atoms with van der Waals surface area (Å²) < 4.78 is 6.89. The predicted molar refractivity (Wildman–Crippen MR) is 71.3 cm³/mol. The molecule has 1 N–H and O–H groups in total. The van der Waals surface area contributed by atoms with Crippen LogP contribution in [0.5, 0.6) is 0 Å². The lowest BCUT2D eigenvalue weighted by Crippen LogP contribution is -2.10. The van der Waals surface area contributed by atoms with Crippen LogP contribution in [0.15, 0.2) is 22.8 Å². The van der Waals surface area contributed by atoms with Crippen molar-refractivity contribution in [2.45, 2.75) is 25.8 Å². The molecule has 0 amide bonds. The molecule has 1 aliphatic heterocycles. The van der Waals surface area contributed by atoms with Crippen molar-refractivity contribution in [3.05, 3.63) is 46.1 Å². The number of carbonyl (C=O) groups is 2. The molecule has 0 spiro atoms. The van der Waals surface area contributed by atoms with Crippen LogP contribution < -0.4 is 0 Å². The van der Waals surface area contributed by atoms with Crippen molar-refractivity contribution >= 4 is 23.4 Å². The number of carboxylic acids is 1. The topological polar surface area (TPSA) is 72.4 Å². The highest BCUT2D eigenvalue weighted by atomic mass is 35.5. The molecule has 20 heavy (non-hydrogen) atoms. The van der Waals surface area contributed by atoms with Crippen molar-refractivity contribution in [2.24, 2.45) is 0 Å². The van der Waals surface area contributed by atoms with E-state index in [0.29, 0.717) is 24.4 Å². The summed E-state index contributed by atoms with van der Waals surface area (Å²) in [6.45, 7) is 2.30. The molecule has 5 nitrogen and oxygen atoms in total. The number of halogens is 1. The number of furan rings is 1. The van der Waals surface area contributed by atoms with E-state index in [0.717, 1.165) is 5.56 Å². The van der Waals surface area contributed by atoms with Gasteiger partial charge in [-0.1, -0.05) is 11.6 Å². The summed E-state index contributed by atoms with van der Waals surface area (Å²) >= 11 is 5.92. The Bertz CT molecular complexity index is 713. The second-order valence-corrected chi connectivity index (χ2v) is 5.27. The van der Waals surface area contributed by atoms with Gasteiger partial charge in [-0.3, -0.25) is 9.59 Å². The molecule has 2 aromatic rings.